The van der Waals surface area contributed by atoms with Gasteiger partial charge in [-0.2, -0.15) is 4.98 Å². The van der Waals surface area contributed by atoms with E-state index in [4.69, 9.17) is 39.5 Å². The Bertz CT molecular complexity index is 683. The molecule has 9 heteroatoms. The van der Waals surface area contributed by atoms with Gasteiger partial charge in [-0.25, -0.2) is 4.98 Å². The van der Waals surface area contributed by atoms with E-state index < -0.39 is 15.9 Å². The molecule has 0 aliphatic rings. The van der Waals surface area contributed by atoms with Gasteiger partial charge in [0.15, 0.2) is 5.16 Å². The van der Waals surface area contributed by atoms with Crippen LogP contribution >= 0.6 is 46.6 Å². The summed E-state index contributed by atoms with van der Waals surface area (Å²) in [6, 6.07) is 10.1. The lowest BCUT2D eigenvalue weighted by Gasteiger charge is -2.25. The molecule has 24 heavy (non-hydrogen) atoms. The Hall–Kier alpha value is -1.21. The highest BCUT2D eigenvalue weighted by molar-refractivity contribution is 7.99. The molecule has 1 heterocycles. The number of nitrogens with one attached hydrogen (secondary N) is 1. The third-order valence-electron chi connectivity index (χ3n) is 2.72. The molecular weight excluding hydrogens is 393 g/mol. The molecule has 1 aromatic heterocycles. The summed E-state index contributed by atoms with van der Waals surface area (Å²) in [5.41, 5.74) is 0.422. The monoisotopic (exact) mass is 405 g/mol. The van der Waals surface area contributed by atoms with Crippen LogP contribution in [-0.4, -0.2) is 31.6 Å². The van der Waals surface area contributed by atoms with Crippen LogP contribution in [0.3, 0.4) is 0 Å². The molecule has 1 amide bonds. The maximum Gasteiger partial charge on any atom is 0.254 e. The number of carbonyl (C=O) groups is 1. The average Bonchev–Trinajstić information content (AvgIpc) is 2.55. The van der Waals surface area contributed by atoms with Gasteiger partial charge in [-0.05, 0) is 17.9 Å². The number of benzene rings is 1. The summed E-state index contributed by atoms with van der Waals surface area (Å²) in [4.78, 5) is 20.5. The smallest absolute Gasteiger partial charge is 0.254 e. The standard InChI is InChI=1S/C15H14Cl3N3O2S/c1-2-24-14-19-9-8-11(20-14)23-13(15(16,17)18)21-12(22)10-6-4-3-5-7-10/h3-9,13H,2H2,1H3,(H,21,22)/t13-/m0/s1. The van der Waals surface area contributed by atoms with Gasteiger partial charge in [0.05, 0.1) is 0 Å². The Morgan fingerprint density at radius 2 is 2.00 bits per heavy atom. The molecule has 0 aliphatic carbocycles. The van der Waals surface area contributed by atoms with E-state index >= 15 is 0 Å². The average molecular weight is 407 g/mol. The first-order chi connectivity index (χ1) is 11.4. The molecule has 1 atom stereocenters. The maximum atomic E-state index is 12.3. The number of hydrogen-bond donors (Lipinski definition) is 1. The number of halogens is 3. The molecule has 0 fully saturated rings. The van der Waals surface area contributed by atoms with Crippen LogP contribution in [0.5, 0.6) is 5.88 Å². The SMILES string of the molecule is CCSc1nccc(O[C@H](NC(=O)c2ccccc2)C(Cl)(Cl)Cl)n1. The Morgan fingerprint density at radius 1 is 1.29 bits per heavy atom. The van der Waals surface area contributed by atoms with Crippen molar-refractivity contribution in [3.8, 4) is 5.88 Å². The molecule has 0 saturated carbocycles. The van der Waals surface area contributed by atoms with E-state index in [0.717, 1.165) is 5.75 Å². The number of ether oxygens (including phenoxy) is 1. The summed E-state index contributed by atoms with van der Waals surface area (Å²) in [6.07, 6.45) is 0.319. The summed E-state index contributed by atoms with van der Waals surface area (Å²) in [6.45, 7) is 1.98. The van der Waals surface area contributed by atoms with Crippen LogP contribution in [-0.2, 0) is 0 Å². The number of rotatable bonds is 6. The third kappa shape index (κ3) is 5.70. The van der Waals surface area contributed by atoms with Gasteiger partial charge < -0.3 is 10.1 Å². The maximum absolute atomic E-state index is 12.3. The number of thioether (sulfide) groups is 1. The van der Waals surface area contributed by atoms with E-state index in [1.54, 1.807) is 30.3 Å². The first-order valence-electron chi connectivity index (χ1n) is 6.95. The zero-order chi connectivity index (χ0) is 17.6. The number of hydrogen-bond acceptors (Lipinski definition) is 5. The number of aromatic nitrogens is 2. The molecule has 2 aromatic rings. The Balaban J connectivity index is 2.14. The second-order valence-electron chi connectivity index (χ2n) is 4.49. The van der Waals surface area contributed by atoms with E-state index in [1.807, 2.05) is 6.92 Å². The van der Waals surface area contributed by atoms with Gasteiger partial charge in [0.1, 0.15) is 0 Å². The molecule has 2 rings (SSSR count). The van der Waals surface area contributed by atoms with Gasteiger partial charge in [-0.15, -0.1) is 0 Å². The van der Waals surface area contributed by atoms with Crippen LogP contribution in [0.4, 0.5) is 0 Å². The fraction of sp³-hybridized carbons (Fsp3) is 0.267. The highest BCUT2D eigenvalue weighted by Crippen LogP contribution is 2.32. The summed E-state index contributed by atoms with van der Waals surface area (Å²) < 4.78 is 3.68. The molecular formula is C15H14Cl3N3O2S. The largest absolute Gasteiger partial charge is 0.449 e. The predicted octanol–water partition coefficient (Wildman–Crippen LogP) is 4.09. The van der Waals surface area contributed by atoms with Crippen molar-refractivity contribution in [2.45, 2.75) is 22.1 Å². The first-order valence-corrected chi connectivity index (χ1v) is 9.07. The highest BCUT2D eigenvalue weighted by Gasteiger charge is 2.36. The molecule has 0 radical (unpaired) electrons. The summed E-state index contributed by atoms with van der Waals surface area (Å²) in [5, 5.41) is 3.08. The van der Waals surface area contributed by atoms with Gasteiger partial charge in [0.2, 0.25) is 15.9 Å². The van der Waals surface area contributed by atoms with E-state index in [-0.39, 0.29) is 5.88 Å². The summed E-state index contributed by atoms with van der Waals surface area (Å²) in [5.74, 6) is 0.581. The molecule has 0 bridgehead atoms. The lowest BCUT2D eigenvalue weighted by molar-refractivity contribution is 0.0824. The molecule has 1 aromatic carbocycles. The van der Waals surface area contributed by atoms with Gasteiger partial charge in [-0.1, -0.05) is 71.7 Å². The third-order valence-corrected chi connectivity index (χ3v) is 4.05. The zero-order valence-electron chi connectivity index (χ0n) is 12.6. The van der Waals surface area contributed by atoms with E-state index in [9.17, 15) is 4.79 Å². The Morgan fingerprint density at radius 3 is 2.62 bits per heavy atom. The lowest BCUT2D eigenvalue weighted by atomic mass is 10.2. The zero-order valence-corrected chi connectivity index (χ0v) is 15.7. The lowest BCUT2D eigenvalue weighted by Crippen LogP contribution is -2.48. The molecule has 5 nitrogen and oxygen atoms in total. The molecule has 0 saturated heterocycles. The van der Waals surface area contributed by atoms with Crippen molar-refractivity contribution in [2.24, 2.45) is 0 Å². The van der Waals surface area contributed by atoms with Crippen molar-refractivity contribution in [1.29, 1.82) is 0 Å². The van der Waals surface area contributed by atoms with E-state index in [0.29, 0.717) is 10.7 Å². The topological polar surface area (TPSA) is 64.1 Å². The van der Waals surface area contributed by atoms with Gasteiger partial charge in [0, 0.05) is 17.8 Å². The first kappa shape index (κ1) is 19.1. The normalized spacial score (nSPS) is 12.5. The van der Waals surface area contributed by atoms with Crippen LogP contribution in [0.2, 0.25) is 0 Å². The molecule has 1 N–H and O–H groups in total. The highest BCUT2D eigenvalue weighted by atomic mass is 35.6. The van der Waals surface area contributed by atoms with Crippen molar-refractivity contribution in [2.75, 3.05) is 5.75 Å². The second-order valence-corrected chi connectivity index (χ2v) is 8.09. The number of alkyl halides is 3. The quantitative estimate of drug-likeness (QED) is 0.339. The number of nitrogens with zero attached hydrogens (tertiary/aromatic N) is 2. The fourth-order valence-electron chi connectivity index (χ4n) is 1.68. The van der Waals surface area contributed by atoms with Crippen molar-refractivity contribution in [3.05, 3.63) is 48.2 Å². The fourth-order valence-corrected chi connectivity index (χ4v) is 2.53. The van der Waals surface area contributed by atoms with E-state index in [1.165, 1.54) is 24.0 Å². The van der Waals surface area contributed by atoms with E-state index in [2.05, 4.69) is 15.3 Å². The minimum absolute atomic E-state index is 0.200. The van der Waals surface area contributed by atoms with Crippen molar-refractivity contribution < 1.29 is 9.53 Å². The number of carbonyl (C=O) groups excluding carboxylic acids is 1. The molecule has 0 spiro atoms. The predicted molar refractivity (Wildman–Crippen MR) is 97.0 cm³/mol. The van der Waals surface area contributed by atoms with Crippen LogP contribution in [0.15, 0.2) is 47.8 Å². The van der Waals surface area contributed by atoms with Gasteiger partial charge in [0.25, 0.3) is 5.91 Å². The van der Waals surface area contributed by atoms with Gasteiger partial charge >= 0.3 is 0 Å². The molecule has 0 aliphatic heterocycles. The number of amides is 1. The summed E-state index contributed by atoms with van der Waals surface area (Å²) >= 11 is 19.2. The Kier molecular flexibility index (Phi) is 6.98. The van der Waals surface area contributed by atoms with Crippen LogP contribution in [0.25, 0.3) is 0 Å². The van der Waals surface area contributed by atoms with Crippen LogP contribution in [0, 0.1) is 0 Å². The van der Waals surface area contributed by atoms with Crippen molar-refractivity contribution in [1.82, 2.24) is 15.3 Å². The Labute approximate surface area is 159 Å². The molecule has 128 valence electrons. The van der Waals surface area contributed by atoms with Crippen molar-refractivity contribution >= 4 is 52.5 Å². The summed E-state index contributed by atoms with van der Waals surface area (Å²) in [7, 11) is 0. The minimum atomic E-state index is -1.88. The van der Waals surface area contributed by atoms with Crippen molar-refractivity contribution in [3.63, 3.8) is 0 Å². The van der Waals surface area contributed by atoms with Gasteiger partial charge in [-0.3, -0.25) is 4.79 Å². The minimum Gasteiger partial charge on any atom is -0.449 e. The van der Waals surface area contributed by atoms with Crippen LogP contribution < -0.4 is 10.1 Å². The molecule has 0 unspecified atom stereocenters. The second kappa shape index (κ2) is 8.76. The van der Waals surface area contributed by atoms with Crippen LogP contribution in [0.1, 0.15) is 17.3 Å².